The molecule has 0 aromatic heterocycles. The van der Waals surface area contributed by atoms with Crippen LogP contribution in [0.5, 0.6) is 5.75 Å². The molecule has 2 rings (SSSR count). The average Bonchev–Trinajstić information content (AvgIpc) is 2.38. The van der Waals surface area contributed by atoms with Crippen LogP contribution in [0.2, 0.25) is 0 Å². The number of rotatable bonds is 3. The van der Waals surface area contributed by atoms with E-state index in [1.54, 1.807) is 30.3 Å². The summed E-state index contributed by atoms with van der Waals surface area (Å²) in [5.41, 5.74) is 0.696. The monoisotopic (exact) mass is 388 g/mol. The minimum atomic E-state index is -1.11. The molecule has 0 saturated carbocycles. The molecule has 0 aliphatic carbocycles. The third-order valence-corrected chi connectivity index (χ3v) is 3.94. The summed E-state index contributed by atoms with van der Waals surface area (Å²) in [6, 6.07) is 9.80. The van der Waals surface area contributed by atoms with Gasteiger partial charge in [-0.2, -0.15) is 0 Å². The maximum absolute atomic E-state index is 13.9. The Morgan fingerprint density at radius 3 is 2.58 bits per heavy atom. The van der Waals surface area contributed by atoms with Gasteiger partial charge in [0.15, 0.2) is 0 Å². The van der Waals surface area contributed by atoms with Crippen molar-refractivity contribution in [1.82, 2.24) is 0 Å². The summed E-state index contributed by atoms with van der Waals surface area (Å²) in [4.78, 5) is 0. The van der Waals surface area contributed by atoms with Crippen LogP contribution in [-0.4, -0.2) is 12.2 Å². The molecule has 1 atom stereocenters. The maximum Gasteiger partial charge on any atom is 0.130 e. The van der Waals surface area contributed by atoms with Crippen LogP contribution in [0.4, 0.5) is 4.39 Å². The van der Waals surface area contributed by atoms with Crippen LogP contribution in [0.15, 0.2) is 45.3 Å². The Morgan fingerprint density at radius 1 is 1.21 bits per heavy atom. The van der Waals surface area contributed by atoms with Crippen molar-refractivity contribution in [3.05, 3.63) is 62.3 Å². The lowest BCUT2D eigenvalue weighted by Gasteiger charge is -2.17. The van der Waals surface area contributed by atoms with Gasteiger partial charge in [-0.15, -0.1) is 0 Å². The first kappa shape index (κ1) is 14.5. The van der Waals surface area contributed by atoms with Crippen molar-refractivity contribution < 1.29 is 14.2 Å². The fraction of sp³-hybridized carbons (Fsp3) is 0.143. The number of benzene rings is 2. The molecule has 0 fully saturated rings. The summed E-state index contributed by atoms with van der Waals surface area (Å²) in [7, 11) is 1.51. The molecule has 1 unspecified atom stereocenters. The van der Waals surface area contributed by atoms with E-state index in [-0.39, 0.29) is 5.56 Å². The molecule has 0 aliphatic rings. The van der Waals surface area contributed by atoms with Crippen molar-refractivity contribution in [3.8, 4) is 5.75 Å². The van der Waals surface area contributed by atoms with Gasteiger partial charge >= 0.3 is 0 Å². The molecule has 0 saturated heterocycles. The molecular weight excluding hydrogens is 379 g/mol. The zero-order valence-corrected chi connectivity index (χ0v) is 13.2. The van der Waals surface area contributed by atoms with E-state index in [2.05, 4.69) is 31.9 Å². The molecule has 0 heterocycles. The second kappa shape index (κ2) is 6.03. The highest BCUT2D eigenvalue weighted by molar-refractivity contribution is 9.10. The van der Waals surface area contributed by atoms with Gasteiger partial charge in [-0.1, -0.05) is 37.9 Å². The van der Waals surface area contributed by atoms with Gasteiger partial charge in [-0.3, -0.25) is 0 Å². The largest absolute Gasteiger partial charge is 0.496 e. The summed E-state index contributed by atoms with van der Waals surface area (Å²) >= 11 is 6.59. The van der Waals surface area contributed by atoms with Gasteiger partial charge < -0.3 is 9.84 Å². The van der Waals surface area contributed by atoms with Gasteiger partial charge in [0.25, 0.3) is 0 Å². The SMILES string of the molecule is COc1ccc(Br)cc1C(O)c1c(F)cccc1Br. The molecule has 1 N–H and O–H groups in total. The van der Waals surface area contributed by atoms with E-state index in [4.69, 9.17) is 4.74 Å². The third kappa shape index (κ3) is 2.99. The minimum Gasteiger partial charge on any atom is -0.496 e. The van der Waals surface area contributed by atoms with E-state index < -0.39 is 11.9 Å². The van der Waals surface area contributed by atoms with Crippen LogP contribution in [0, 0.1) is 5.82 Å². The van der Waals surface area contributed by atoms with Gasteiger partial charge in [-0.05, 0) is 30.3 Å². The van der Waals surface area contributed by atoms with E-state index in [0.29, 0.717) is 15.8 Å². The number of aliphatic hydroxyl groups is 1. The zero-order valence-electron chi connectivity index (χ0n) is 10.0. The van der Waals surface area contributed by atoms with Crippen LogP contribution < -0.4 is 4.74 Å². The Morgan fingerprint density at radius 2 is 1.95 bits per heavy atom. The maximum atomic E-state index is 13.9. The van der Waals surface area contributed by atoms with Gasteiger partial charge in [0.2, 0.25) is 0 Å². The third-order valence-electron chi connectivity index (χ3n) is 2.76. The fourth-order valence-electron chi connectivity index (χ4n) is 1.85. The van der Waals surface area contributed by atoms with Crippen molar-refractivity contribution in [2.75, 3.05) is 7.11 Å². The number of methoxy groups -OCH3 is 1. The van der Waals surface area contributed by atoms with Crippen molar-refractivity contribution in [2.24, 2.45) is 0 Å². The van der Waals surface area contributed by atoms with Crippen LogP contribution in [-0.2, 0) is 0 Å². The predicted molar refractivity (Wildman–Crippen MR) is 78.9 cm³/mol. The lowest BCUT2D eigenvalue weighted by Crippen LogP contribution is -2.05. The van der Waals surface area contributed by atoms with Gasteiger partial charge in [0.1, 0.15) is 17.7 Å². The average molecular weight is 390 g/mol. The highest BCUT2D eigenvalue weighted by atomic mass is 79.9. The van der Waals surface area contributed by atoms with Gasteiger partial charge in [0.05, 0.1) is 7.11 Å². The molecule has 0 bridgehead atoms. The standard InChI is InChI=1S/C14H11Br2FO2/c1-19-12-6-5-8(15)7-9(12)14(18)13-10(16)3-2-4-11(13)17/h2-7,14,18H,1H3. The highest BCUT2D eigenvalue weighted by Crippen LogP contribution is 2.36. The number of hydrogen-bond acceptors (Lipinski definition) is 2. The lowest BCUT2D eigenvalue weighted by atomic mass is 10.0. The van der Waals surface area contributed by atoms with E-state index in [1.807, 2.05) is 0 Å². The van der Waals surface area contributed by atoms with Crippen molar-refractivity contribution >= 4 is 31.9 Å². The normalized spacial score (nSPS) is 12.3. The van der Waals surface area contributed by atoms with Crippen LogP contribution >= 0.6 is 31.9 Å². The molecule has 5 heteroatoms. The van der Waals surface area contributed by atoms with E-state index in [9.17, 15) is 9.50 Å². The highest BCUT2D eigenvalue weighted by Gasteiger charge is 2.21. The Balaban J connectivity index is 2.55. The Bertz CT molecular complexity index is 582. The molecule has 2 aromatic carbocycles. The fourth-order valence-corrected chi connectivity index (χ4v) is 2.78. The molecule has 100 valence electrons. The first-order chi connectivity index (χ1) is 9.04. The molecule has 0 amide bonds. The molecule has 0 radical (unpaired) electrons. The number of hydrogen-bond donors (Lipinski definition) is 1. The topological polar surface area (TPSA) is 29.5 Å². The molecular formula is C14H11Br2FO2. The summed E-state index contributed by atoms with van der Waals surface area (Å²) in [5.74, 6) is 0.0368. The van der Waals surface area contributed by atoms with Crippen molar-refractivity contribution in [1.29, 1.82) is 0 Å². The summed E-state index contributed by atoms with van der Waals surface area (Å²) in [6.45, 7) is 0. The van der Waals surface area contributed by atoms with Crippen LogP contribution in [0.3, 0.4) is 0 Å². The van der Waals surface area contributed by atoms with E-state index in [0.717, 1.165) is 4.47 Å². The number of aliphatic hydroxyl groups excluding tert-OH is 1. The smallest absolute Gasteiger partial charge is 0.130 e. The molecule has 0 aliphatic heterocycles. The van der Waals surface area contributed by atoms with Crippen LogP contribution in [0.1, 0.15) is 17.2 Å². The number of ether oxygens (including phenoxy) is 1. The van der Waals surface area contributed by atoms with Crippen LogP contribution in [0.25, 0.3) is 0 Å². The van der Waals surface area contributed by atoms with E-state index >= 15 is 0 Å². The number of halogens is 3. The molecule has 2 aromatic rings. The molecule has 0 spiro atoms. The Hall–Kier alpha value is -0.910. The Kier molecular flexibility index (Phi) is 4.60. The predicted octanol–water partition coefficient (Wildman–Crippen LogP) is 4.44. The first-order valence-electron chi connectivity index (χ1n) is 5.50. The van der Waals surface area contributed by atoms with Crippen molar-refractivity contribution in [3.63, 3.8) is 0 Å². The summed E-state index contributed by atoms with van der Waals surface area (Å²) in [6.07, 6.45) is -1.11. The summed E-state index contributed by atoms with van der Waals surface area (Å²) < 4.78 is 20.4. The van der Waals surface area contributed by atoms with Gasteiger partial charge in [0, 0.05) is 20.1 Å². The second-order valence-corrected chi connectivity index (χ2v) is 5.69. The quantitative estimate of drug-likeness (QED) is 0.840. The van der Waals surface area contributed by atoms with E-state index in [1.165, 1.54) is 13.2 Å². The molecule has 2 nitrogen and oxygen atoms in total. The zero-order chi connectivity index (χ0) is 14.0. The minimum absolute atomic E-state index is 0.193. The second-order valence-electron chi connectivity index (χ2n) is 3.92. The summed E-state index contributed by atoms with van der Waals surface area (Å²) in [5, 5.41) is 10.4. The lowest BCUT2D eigenvalue weighted by molar-refractivity contribution is 0.208. The van der Waals surface area contributed by atoms with Gasteiger partial charge in [-0.25, -0.2) is 4.39 Å². The first-order valence-corrected chi connectivity index (χ1v) is 7.08. The molecule has 19 heavy (non-hydrogen) atoms. The van der Waals surface area contributed by atoms with Crippen molar-refractivity contribution in [2.45, 2.75) is 6.10 Å². The Labute approximate surface area is 127 Å².